The van der Waals surface area contributed by atoms with Gasteiger partial charge in [0, 0.05) is 9.75 Å². The number of fused-ring (bicyclic) bond motifs is 5. The lowest BCUT2D eigenvalue weighted by molar-refractivity contribution is 1.43. The van der Waals surface area contributed by atoms with Crippen LogP contribution in [-0.4, -0.2) is 19.9 Å². The van der Waals surface area contributed by atoms with E-state index >= 15 is 0 Å². The second-order valence-electron chi connectivity index (χ2n) is 10.3. The van der Waals surface area contributed by atoms with Crippen molar-refractivity contribution in [1.82, 2.24) is 19.9 Å². The molecule has 9 rings (SSSR count). The highest BCUT2D eigenvalue weighted by Crippen LogP contribution is 2.39. The molecular formula is C36H20N4S3. The van der Waals surface area contributed by atoms with Crippen molar-refractivity contribution in [3.8, 4) is 43.1 Å². The van der Waals surface area contributed by atoms with Gasteiger partial charge in [-0.05, 0) is 45.5 Å². The van der Waals surface area contributed by atoms with E-state index in [1.807, 2.05) is 12.1 Å². The van der Waals surface area contributed by atoms with Crippen molar-refractivity contribution in [2.24, 2.45) is 0 Å². The maximum Gasteiger partial charge on any atom is 0.147 e. The topological polar surface area (TPSA) is 51.6 Å². The van der Waals surface area contributed by atoms with Gasteiger partial charge in [0.2, 0.25) is 0 Å². The molecule has 43 heavy (non-hydrogen) atoms. The SMILES string of the molecule is c1ccc(-c2ccc(-c3cc4nc5c(nc4s3)sc3nc4sc(-c6ccc(-c7ccccc7)cc6)cc4nc35)cc2)cc1. The molecule has 0 amide bonds. The fraction of sp³-hybridized carbons (Fsp3) is 0. The molecule has 5 aromatic heterocycles. The fourth-order valence-electron chi connectivity index (χ4n) is 5.43. The quantitative estimate of drug-likeness (QED) is 0.201. The number of hydrogen-bond acceptors (Lipinski definition) is 7. The Bertz CT molecular complexity index is 2250. The number of rotatable bonds is 4. The van der Waals surface area contributed by atoms with Crippen molar-refractivity contribution in [3.05, 3.63) is 121 Å². The Morgan fingerprint density at radius 3 is 1.12 bits per heavy atom. The van der Waals surface area contributed by atoms with E-state index < -0.39 is 0 Å². The molecule has 0 unspecified atom stereocenters. The van der Waals surface area contributed by atoms with Crippen LogP contribution in [0.15, 0.2) is 121 Å². The van der Waals surface area contributed by atoms with Gasteiger partial charge in [-0.1, -0.05) is 121 Å². The van der Waals surface area contributed by atoms with Crippen molar-refractivity contribution >= 4 is 75.4 Å². The van der Waals surface area contributed by atoms with E-state index in [0.717, 1.165) is 51.1 Å². The third kappa shape index (κ3) is 4.32. The Morgan fingerprint density at radius 1 is 0.326 bits per heavy atom. The third-order valence-electron chi connectivity index (χ3n) is 7.63. The summed E-state index contributed by atoms with van der Waals surface area (Å²) in [5.41, 5.74) is 10.6. The summed E-state index contributed by atoms with van der Waals surface area (Å²) in [7, 11) is 0. The summed E-state index contributed by atoms with van der Waals surface area (Å²) < 4.78 is 0. The monoisotopic (exact) mass is 604 g/mol. The molecule has 0 N–H and O–H groups in total. The Hall–Kier alpha value is -4.82. The Kier molecular flexibility index (Phi) is 5.69. The zero-order chi connectivity index (χ0) is 28.3. The van der Waals surface area contributed by atoms with Gasteiger partial charge in [-0.2, -0.15) is 0 Å². The molecular weight excluding hydrogens is 585 g/mol. The van der Waals surface area contributed by atoms with E-state index in [0.29, 0.717) is 0 Å². The zero-order valence-corrected chi connectivity index (χ0v) is 25.0. The van der Waals surface area contributed by atoms with Gasteiger partial charge in [0.05, 0.1) is 0 Å². The van der Waals surface area contributed by atoms with Crippen LogP contribution in [0.2, 0.25) is 0 Å². The zero-order valence-electron chi connectivity index (χ0n) is 22.6. The number of thiophene rings is 3. The smallest absolute Gasteiger partial charge is 0.147 e. The summed E-state index contributed by atoms with van der Waals surface area (Å²) in [6, 6.07) is 42.6. The summed E-state index contributed by atoms with van der Waals surface area (Å²) in [6.45, 7) is 0. The second-order valence-corrected chi connectivity index (χ2v) is 13.4. The van der Waals surface area contributed by atoms with Gasteiger partial charge >= 0.3 is 0 Å². The molecule has 0 aliphatic rings. The molecule has 9 aromatic rings. The average Bonchev–Trinajstić information content (AvgIpc) is 3.78. The Labute approximate surface area is 258 Å². The molecule has 0 atom stereocenters. The number of benzene rings is 4. The Balaban J connectivity index is 1.07. The van der Waals surface area contributed by atoms with Gasteiger partial charge in [-0.25, -0.2) is 19.9 Å². The molecule has 0 fully saturated rings. The van der Waals surface area contributed by atoms with Crippen molar-refractivity contribution in [1.29, 1.82) is 0 Å². The fourth-order valence-corrected chi connectivity index (χ4v) is 8.44. The predicted molar refractivity (Wildman–Crippen MR) is 183 cm³/mol. The molecule has 5 heterocycles. The molecule has 0 bridgehead atoms. The van der Waals surface area contributed by atoms with Crippen LogP contribution < -0.4 is 0 Å². The lowest BCUT2D eigenvalue weighted by atomic mass is 10.0. The van der Waals surface area contributed by atoms with Crippen LogP contribution in [0.3, 0.4) is 0 Å². The first-order valence-electron chi connectivity index (χ1n) is 13.9. The molecule has 0 spiro atoms. The molecule has 0 aliphatic carbocycles. The highest BCUT2D eigenvalue weighted by Gasteiger charge is 2.17. The minimum Gasteiger partial charge on any atom is -0.240 e. The van der Waals surface area contributed by atoms with Crippen molar-refractivity contribution in [2.45, 2.75) is 0 Å². The first kappa shape index (κ1) is 24.7. The van der Waals surface area contributed by atoms with Gasteiger partial charge in [0.15, 0.2) is 0 Å². The number of aromatic nitrogens is 4. The summed E-state index contributed by atoms with van der Waals surface area (Å²) in [5, 5.41) is 0. The predicted octanol–water partition coefficient (Wildman–Crippen LogP) is 10.7. The molecule has 202 valence electrons. The minimum absolute atomic E-state index is 0.825. The van der Waals surface area contributed by atoms with Crippen LogP contribution in [0.1, 0.15) is 0 Å². The standard InChI is InChI=1S/C36H20N4S3/c1-3-7-21(8-4-1)23-11-15-25(16-12-23)29-19-27-33(41-29)39-35-31(37-27)32-36(43-35)40-34-28(38-32)20-30(42-34)26-17-13-24(14-18-26)22-9-5-2-6-10-22/h1-20H. The van der Waals surface area contributed by atoms with Crippen molar-refractivity contribution in [3.63, 3.8) is 0 Å². The molecule has 0 radical (unpaired) electrons. The van der Waals surface area contributed by atoms with Crippen LogP contribution in [0.5, 0.6) is 0 Å². The largest absolute Gasteiger partial charge is 0.240 e. The van der Waals surface area contributed by atoms with Gasteiger partial charge in [0.25, 0.3) is 0 Å². The van der Waals surface area contributed by atoms with E-state index in [9.17, 15) is 0 Å². The van der Waals surface area contributed by atoms with Crippen LogP contribution in [0, 0.1) is 0 Å². The molecule has 0 aliphatic heterocycles. The first-order valence-corrected chi connectivity index (χ1v) is 16.3. The van der Waals surface area contributed by atoms with E-state index in [-0.39, 0.29) is 0 Å². The van der Waals surface area contributed by atoms with Crippen molar-refractivity contribution < 1.29 is 0 Å². The summed E-state index contributed by atoms with van der Waals surface area (Å²) in [4.78, 5) is 26.0. The van der Waals surface area contributed by atoms with Gasteiger partial charge in [-0.3, -0.25) is 0 Å². The lowest BCUT2D eigenvalue weighted by Crippen LogP contribution is -1.82. The normalized spacial score (nSPS) is 11.7. The molecule has 0 saturated carbocycles. The van der Waals surface area contributed by atoms with E-state index in [1.165, 1.54) is 33.4 Å². The molecule has 4 nitrogen and oxygen atoms in total. The van der Waals surface area contributed by atoms with E-state index in [4.69, 9.17) is 19.9 Å². The third-order valence-corrected chi connectivity index (χ3v) is 10.7. The van der Waals surface area contributed by atoms with Gasteiger partial charge in [0.1, 0.15) is 41.4 Å². The van der Waals surface area contributed by atoms with Gasteiger partial charge < -0.3 is 0 Å². The minimum atomic E-state index is 0.825. The maximum atomic E-state index is 5.05. The molecule has 0 saturated heterocycles. The maximum absolute atomic E-state index is 5.05. The summed E-state index contributed by atoms with van der Waals surface area (Å²) in [6.07, 6.45) is 0. The van der Waals surface area contributed by atoms with Crippen LogP contribution >= 0.6 is 34.0 Å². The lowest BCUT2D eigenvalue weighted by Gasteiger charge is -2.02. The second kappa shape index (κ2) is 9.88. The first-order chi connectivity index (χ1) is 21.2. The van der Waals surface area contributed by atoms with E-state index in [2.05, 4.69) is 109 Å². The molecule has 4 aromatic carbocycles. The number of nitrogens with zero attached hydrogens (tertiary/aromatic N) is 4. The van der Waals surface area contributed by atoms with Crippen LogP contribution in [0.4, 0.5) is 0 Å². The van der Waals surface area contributed by atoms with Crippen LogP contribution in [-0.2, 0) is 0 Å². The highest BCUT2D eigenvalue weighted by molar-refractivity contribution is 7.26. The summed E-state index contributed by atoms with van der Waals surface area (Å²) >= 11 is 4.92. The highest BCUT2D eigenvalue weighted by atomic mass is 32.1. The van der Waals surface area contributed by atoms with Crippen LogP contribution in [0.25, 0.3) is 84.5 Å². The molecule has 7 heteroatoms. The Morgan fingerprint density at radius 2 is 0.698 bits per heavy atom. The van der Waals surface area contributed by atoms with Crippen molar-refractivity contribution in [2.75, 3.05) is 0 Å². The average molecular weight is 605 g/mol. The van der Waals surface area contributed by atoms with Gasteiger partial charge in [-0.15, -0.1) is 22.7 Å². The number of hydrogen-bond donors (Lipinski definition) is 0. The van der Waals surface area contributed by atoms with E-state index in [1.54, 1.807) is 34.0 Å². The summed E-state index contributed by atoms with van der Waals surface area (Å²) in [5.74, 6) is 0.